The van der Waals surface area contributed by atoms with Crippen molar-refractivity contribution in [3.63, 3.8) is 0 Å². The molecule has 8 aromatic heterocycles. The summed E-state index contributed by atoms with van der Waals surface area (Å²) < 4.78 is 48.9. The Labute approximate surface area is 739 Å². The van der Waals surface area contributed by atoms with Crippen LogP contribution in [0, 0.1) is 52.5 Å². The number of amides is 4. The molecule has 0 aliphatic carbocycles. The van der Waals surface area contributed by atoms with E-state index >= 15 is 0 Å². The number of rotatable bonds is 19. The Morgan fingerprint density at radius 2 is 0.688 bits per heavy atom. The highest BCUT2D eigenvalue weighted by atomic mass is 19.1. The number of imidazole rings is 4. The molecule has 8 aromatic carbocycles. The van der Waals surface area contributed by atoms with E-state index in [1.807, 2.05) is 107 Å². The van der Waals surface area contributed by atoms with Gasteiger partial charge in [-0.2, -0.15) is 25.7 Å². The first kappa shape index (κ1) is 85.8. The molecule has 4 amide bonds. The third kappa shape index (κ3) is 21.4. The van der Waals surface area contributed by atoms with Crippen LogP contribution in [0.3, 0.4) is 0 Å². The minimum Gasteiger partial charge on any atom is -0.343 e. The number of nitrogens with one attached hydrogen (secondary N) is 4. The highest BCUT2D eigenvalue weighted by Gasteiger charge is 2.28. The maximum atomic E-state index is 13.4. The smallest absolute Gasteiger partial charge is 0.253 e. The Kier molecular flexibility index (Phi) is 27.3. The zero-order chi connectivity index (χ0) is 87.7. The molecule has 4 aliphatic heterocycles. The monoisotopic (exact) mass is 1720 g/mol. The van der Waals surface area contributed by atoms with Crippen molar-refractivity contribution in [1.82, 2.24) is 98.6 Å². The van der Waals surface area contributed by atoms with Gasteiger partial charge in [0.15, 0.2) is 0 Å². The number of carbonyl (C=O) groups is 4. The van der Waals surface area contributed by atoms with E-state index in [0.717, 1.165) is 255 Å². The maximum Gasteiger partial charge on any atom is 0.253 e. The van der Waals surface area contributed by atoms with Gasteiger partial charge in [-0.25, -0.2) is 33.1 Å². The van der Waals surface area contributed by atoms with Gasteiger partial charge in [0.2, 0.25) is 11.8 Å². The lowest BCUT2D eigenvalue weighted by atomic mass is 10.0. The molecule has 12 heterocycles. The van der Waals surface area contributed by atoms with E-state index in [-0.39, 0.29) is 47.5 Å². The zero-order valence-corrected chi connectivity index (χ0v) is 71.4. The van der Waals surface area contributed by atoms with Gasteiger partial charge >= 0.3 is 0 Å². The van der Waals surface area contributed by atoms with Gasteiger partial charge in [-0.3, -0.25) is 39.6 Å². The van der Waals surface area contributed by atoms with Gasteiger partial charge in [-0.15, -0.1) is 0 Å². The van der Waals surface area contributed by atoms with E-state index in [1.54, 1.807) is 48.5 Å². The first-order chi connectivity index (χ1) is 62.7. The number of likely N-dealkylation sites (tertiary alicyclic amines) is 4. The molecule has 652 valence electrons. The zero-order valence-electron chi connectivity index (χ0n) is 71.4. The Hall–Kier alpha value is -14.4. The lowest BCUT2D eigenvalue weighted by Gasteiger charge is -2.21. The van der Waals surface area contributed by atoms with Crippen LogP contribution in [0.25, 0.3) is 88.6 Å². The minimum atomic E-state index is -0.322. The molecular formula is C100H102F3N21O4. The van der Waals surface area contributed by atoms with Crippen LogP contribution in [0.1, 0.15) is 121 Å². The third-order valence-corrected chi connectivity index (χ3v) is 25.4. The maximum absolute atomic E-state index is 13.4. The predicted octanol–water partition coefficient (Wildman–Crippen LogP) is 18.0. The first-order valence-electron chi connectivity index (χ1n) is 44.3. The molecule has 4 fully saturated rings. The molecule has 4 atom stereocenters. The number of fused-ring (bicyclic) bond motifs is 4. The molecule has 0 spiro atoms. The highest BCUT2D eigenvalue weighted by molar-refractivity contribution is 5.95. The lowest BCUT2D eigenvalue weighted by Crippen LogP contribution is -2.33. The molecule has 28 heteroatoms. The number of aryl methyl sites for hydroxylation is 1. The summed E-state index contributed by atoms with van der Waals surface area (Å²) in [4.78, 5) is 77.4. The Bertz CT molecular complexity index is 6450. The Balaban J connectivity index is 0.000000120. The largest absolute Gasteiger partial charge is 0.343 e. The number of nitrogens with zero attached hydrogens (tertiary/aromatic N) is 17. The molecule has 0 saturated carbocycles. The molecule has 4 saturated heterocycles. The van der Waals surface area contributed by atoms with Crippen molar-refractivity contribution in [2.45, 2.75) is 122 Å². The first-order valence-corrected chi connectivity index (χ1v) is 44.3. The van der Waals surface area contributed by atoms with Gasteiger partial charge in [-0.05, 0) is 262 Å². The van der Waals surface area contributed by atoms with Gasteiger partial charge in [0, 0.05) is 143 Å². The van der Waals surface area contributed by atoms with Crippen molar-refractivity contribution in [2.75, 3.05) is 52.4 Å². The minimum absolute atomic E-state index is 0.0134. The van der Waals surface area contributed by atoms with E-state index in [2.05, 4.69) is 158 Å². The summed E-state index contributed by atoms with van der Waals surface area (Å²) in [7, 11) is 0. The van der Waals surface area contributed by atoms with Crippen LogP contribution in [0.5, 0.6) is 0 Å². The van der Waals surface area contributed by atoms with E-state index < -0.39 is 0 Å². The fraction of sp³-hybridized carbons (Fsp3) is 0.310. The van der Waals surface area contributed by atoms with Crippen LogP contribution in [0.15, 0.2) is 245 Å². The van der Waals surface area contributed by atoms with Crippen molar-refractivity contribution in [2.24, 2.45) is 23.7 Å². The molecule has 4 unspecified atom stereocenters. The van der Waals surface area contributed by atoms with Crippen LogP contribution in [-0.2, 0) is 48.6 Å². The van der Waals surface area contributed by atoms with E-state index in [4.69, 9.17) is 5.26 Å². The van der Waals surface area contributed by atoms with E-state index in [1.165, 1.54) is 36.4 Å². The molecule has 20 rings (SSSR count). The topological polar surface area (TPSA) is 291 Å². The summed E-state index contributed by atoms with van der Waals surface area (Å²) >= 11 is 0. The summed E-state index contributed by atoms with van der Waals surface area (Å²) in [5, 5.41) is 36.4. The van der Waals surface area contributed by atoms with E-state index in [0.29, 0.717) is 53.2 Å². The second-order valence-electron chi connectivity index (χ2n) is 34.0. The number of hydrogen-bond donors (Lipinski definition) is 4. The number of nitriles is 1. The summed E-state index contributed by atoms with van der Waals surface area (Å²) in [6.07, 6.45) is 35.9. The molecular weight excluding hydrogens is 1620 g/mol. The Morgan fingerprint density at radius 3 is 1.04 bits per heavy atom. The van der Waals surface area contributed by atoms with Gasteiger partial charge in [-0.1, -0.05) is 48.5 Å². The second-order valence-corrected chi connectivity index (χ2v) is 34.0. The molecule has 25 nitrogen and oxygen atoms in total. The normalized spacial score (nSPS) is 16.8. The quantitative estimate of drug-likeness (QED) is 0.0586. The van der Waals surface area contributed by atoms with Gasteiger partial charge < -0.3 is 37.9 Å². The highest BCUT2D eigenvalue weighted by Crippen LogP contribution is 2.33. The fourth-order valence-electron chi connectivity index (χ4n) is 18.3. The second kappa shape index (κ2) is 40.7. The number of aromatic amines is 4. The van der Waals surface area contributed by atoms with Crippen molar-refractivity contribution >= 4 is 67.8 Å². The molecule has 16 aromatic rings. The van der Waals surface area contributed by atoms with Crippen molar-refractivity contribution in [3.8, 4) is 50.6 Å². The fourth-order valence-corrected chi connectivity index (χ4v) is 18.3. The number of halogens is 3. The third-order valence-electron chi connectivity index (χ3n) is 25.4. The number of hydrogen-bond acceptors (Lipinski definition) is 13. The summed E-state index contributed by atoms with van der Waals surface area (Å²) in [6.45, 7) is 9.68. The van der Waals surface area contributed by atoms with Crippen molar-refractivity contribution in [3.05, 3.63) is 290 Å². The van der Waals surface area contributed by atoms with Crippen LogP contribution >= 0.6 is 0 Å². The average molecular weight is 1720 g/mol. The van der Waals surface area contributed by atoms with E-state index in [9.17, 15) is 32.3 Å². The number of aromatic nitrogens is 16. The summed E-state index contributed by atoms with van der Waals surface area (Å²) in [5.41, 5.74) is 20.4. The number of carbonyl (C=O) groups excluding carboxylic acids is 4. The predicted molar refractivity (Wildman–Crippen MR) is 486 cm³/mol. The van der Waals surface area contributed by atoms with Gasteiger partial charge in [0.05, 0.1) is 112 Å². The molecule has 4 N–H and O–H groups in total. The Morgan fingerprint density at radius 1 is 0.352 bits per heavy atom. The average Bonchev–Trinajstić information content (AvgIpc) is 1.71. The van der Waals surface area contributed by atoms with Crippen LogP contribution in [0.2, 0.25) is 0 Å². The summed E-state index contributed by atoms with van der Waals surface area (Å²) in [5.74, 6) is 1.41. The molecule has 128 heavy (non-hydrogen) atoms. The van der Waals surface area contributed by atoms with Crippen LogP contribution in [0.4, 0.5) is 13.2 Å². The van der Waals surface area contributed by atoms with Crippen molar-refractivity contribution in [1.29, 1.82) is 5.26 Å². The number of H-pyrrole nitrogens is 4. The molecule has 0 radical (unpaired) electrons. The van der Waals surface area contributed by atoms with Gasteiger partial charge in [0.25, 0.3) is 11.8 Å². The standard InChI is InChI=1S/C26H28FN5O.C25H26FN5O.C25H24N6O.C24H24FN5O/c27-23-5-1-3-19(13-23)6-9-26(33)31-11-2-4-20(10-12-31)17-32-18-28-24-14-21(7-8-25(24)32)22-15-29-30-16-22;26-22-5-1-3-19(11-22)12-25(32)30-9-2-4-18(8-10-30)16-31-17-27-23-13-20(6-7-24(23)31)21-14-28-29-15-21;26-13-18-3-5-20(6-4-18)25(32)30-10-1-2-19(9-11-30)16-31-17-27-23-12-21(7-8-24(23)31)22-14-28-29-15-22;25-21-6-3-18(4-7-21)24(31)29-10-1-2-17(9-11-29)15-30-16-26-22-12-19(5-8-23(22)30)20-13-27-28-14-20/h1,3,5,7-8,13-16,18,20H,2,4,6,9-12,17H2,(H,29,30);1,3,5-7,11,13-15,17-18H,2,4,8-10,12,16H2,(H,28,29);3-8,12,14-15,17,19H,1-2,9-11,16H2,(H,28,29);3-8,12-14,16-17H,1-2,9-11,15H2,(H,27,28). The van der Waals surface area contributed by atoms with Gasteiger partial charge in [0.1, 0.15) is 17.5 Å². The SMILES string of the molecule is N#Cc1ccc(C(=O)N2CCCC(Cn3cnc4cc(-c5cn[nH]c5)ccc43)CC2)cc1.O=C(CCc1cccc(F)c1)N1CCCC(Cn2cnc3cc(-c4cn[nH]c4)ccc32)CC1.O=C(Cc1cccc(F)c1)N1CCCC(Cn2cnc3cc(-c4cn[nH]c4)ccc32)CC1.O=C(c1ccc(F)cc1)N1CCCC(Cn2cnc3cc(-c4cn[nH]c4)ccc32)CC1. The van der Waals surface area contributed by atoms with Crippen molar-refractivity contribution < 1.29 is 32.3 Å². The number of benzene rings is 8. The lowest BCUT2D eigenvalue weighted by molar-refractivity contribution is -0.131. The molecule has 0 bridgehead atoms. The van der Waals surface area contributed by atoms with Crippen LogP contribution in [-0.4, -0.2) is 175 Å². The van der Waals surface area contributed by atoms with Crippen LogP contribution < -0.4 is 0 Å². The molecule has 4 aliphatic rings. The summed E-state index contributed by atoms with van der Waals surface area (Å²) in [6, 6.07) is 52.9.